The number of nitrogens with two attached hydrogens (primary N) is 1. The summed E-state index contributed by atoms with van der Waals surface area (Å²) in [6, 6.07) is 17.0. The number of nitrogen functional groups attached to an aromatic ring is 1. The summed E-state index contributed by atoms with van der Waals surface area (Å²) in [4.78, 5) is 0. The number of halogens is 1. The van der Waals surface area contributed by atoms with Crippen LogP contribution in [0.3, 0.4) is 0 Å². The summed E-state index contributed by atoms with van der Waals surface area (Å²) in [6.45, 7) is 1.94. The van der Waals surface area contributed by atoms with Gasteiger partial charge in [0.05, 0.1) is 10.3 Å². The molecule has 0 aliphatic carbocycles. The average Bonchev–Trinajstić information content (AvgIpc) is 3.31. The van der Waals surface area contributed by atoms with Crippen molar-refractivity contribution in [3.63, 3.8) is 0 Å². The maximum Gasteiger partial charge on any atom is 0.247 e. The van der Waals surface area contributed by atoms with Crippen LogP contribution in [0.2, 0.25) is 5.02 Å². The first-order valence-corrected chi connectivity index (χ1v) is 9.40. The second-order valence-corrected chi connectivity index (χ2v) is 7.44. The van der Waals surface area contributed by atoms with E-state index in [1.807, 2.05) is 55.5 Å². The van der Waals surface area contributed by atoms with Crippen molar-refractivity contribution in [1.82, 2.24) is 25.1 Å². The van der Waals surface area contributed by atoms with E-state index in [0.717, 1.165) is 11.1 Å². The summed E-state index contributed by atoms with van der Waals surface area (Å²) >= 11 is 7.60. The lowest BCUT2D eigenvalue weighted by Gasteiger charge is -2.07. The average molecular weight is 399 g/mol. The molecule has 2 aromatic carbocycles. The second kappa shape index (κ2) is 7.42. The smallest absolute Gasteiger partial charge is 0.247 e. The maximum absolute atomic E-state index is 6.23. The summed E-state index contributed by atoms with van der Waals surface area (Å²) in [6.07, 6.45) is 0. The molecule has 9 heteroatoms. The van der Waals surface area contributed by atoms with Crippen molar-refractivity contribution < 1.29 is 4.42 Å². The van der Waals surface area contributed by atoms with Crippen molar-refractivity contribution in [3.8, 4) is 22.8 Å². The number of aromatic nitrogens is 5. The van der Waals surface area contributed by atoms with Gasteiger partial charge in [-0.05, 0) is 31.2 Å². The van der Waals surface area contributed by atoms with Gasteiger partial charge in [-0.15, -0.1) is 20.4 Å². The van der Waals surface area contributed by atoms with Crippen molar-refractivity contribution in [2.75, 3.05) is 5.84 Å². The van der Waals surface area contributed by atoms with E-state index in [9.17, 15) is 0 Å². The lowest BCUT2D eigenvalue weighted by molar-refractivity contribution is 0.509. The maximum atomic E-state index is 6.23. The van der Waals surface area contributed by atoms with E-state index in [2.05, 4.69) is 20.4 Å². The molecule has 2 N–H and O–H groups in total. The van der Waals surface area contributed by atoms with Crippen molar-refractivity contribution in [3.05, 3.63) is 65.5 Å². The minimum atomic E-state index is -0.152. The van der Waals surface area contributed by atoms with E-state index < -0.39 is 0 Å². The highest BCUT2D eigenvalue weighted by Crippen LogP contribution is 2.35. The Hall–Kier alpha value is -2.84. The molecule has 0 saturated carbocycles. The molecular weight excluding hydrogens is 384 g/mol. The van der Waals surface area contributed by atoms with Crippen LogP contribution < -0.4 is 5.84 Å². The largest absolute Gasteiger partial charge is 0.419 e. The first-order chi connectivity index (χ1) is 13.1. The third-order valence-corrected chi connectivity index (χ3v) is 5.24. The molecule has 27 heavy (non-hydrogen) atoms. The fourth-order valence-electron chi connectivity index (χ4n) is 2.49. The molecule has 1 atom stereocenters. The molecule has 4 aromatic rings. The van der Waals surface area contributed by atoms with Crippen molar-refractivity contribution in [2.45, 2.75) is 17.3 Å². The molecule has 4 rings (SSSR count). The van der Waals surface area contributed by atoms with E-state index in [1.54, 1.807) is 6.07 Å². The normalized spacial score (nSPS) is 12.2. The van der Waals surface area contributed by atoms with Crippen molar-refractivity contribution >= 4 is 23.4 Å². The van der Waals surface area contributed by atoms with E-state index in [-0.39, 0.29) is 5.25 Å². The van der Waals surface area contributed by atoms with Gasteiger partial charge >= 0.3 is 0 Å². The lowest BCUT2D eigenvalue weighted by atomic mass is 10.2. The van der Waals surface area contributed by atoms with Gasteiger partial charge in [-0.1, -0.05) is 53.7 Å². The van der Waals surface area contributed by atoms with E-state index in [4.69, 9.17) is 21.9 Å². The van der Waals surface area contributed by atoms with E-state index >= 15 is 0 Å². The Balaban J connectivity index is 1.55. The second-order valence-electron chi connectivity index (χ2n) is 5.73. The van der Waals surface area contributed by atoms with Crippen molar-refractivity contribution in [1.29, 1.82) is 0 Å². The predicted octanol–water partition coefficient (Wildman–Crippen LogP) is 4.22. The summed E-state index contributed by atoms with van der Waals surface area (Å²) in [5.41, 5.74) is 1.59. The molecular formula is C18H15ClN6OS. The first kappa shape index (κ1) is 17.6. The van der Waals surface area contributed by atoms with Gasteiger partial charge in [0.2, 0.25) is 16.9 Å². The fourth-order valence-corrected chi connectivity index (χ4v) is 3.51. The van der Waals surface area contributed by atoms with Gasteiger partial charge in [-0.3, -0.25) is 0 Å². The van der Waals surface area contributed by atoms with Gasteiger partial charge in [-0.25, -0.2) is 4.68 Å². The Morgan fingerprint density at radius 3 is 2.52 bits per heavy atom. The molecule has 0 aliphatic rings. The summed E-state index contributed by atoms with van der Waals surface area (Å²) < 4.78 is 7.21. The van der Waals surface area contributed by atoms with Crippen LogP contribution in [0.1, 0.15) is 18.1 Å². The molecule has 2 heterocycles. The third-order valence-electron chi connectivity index (χ3n) is 3.87. The minimum Gasteiger partial charge on any atom is -0.419 e. The van der Waals surface area contributed by atoms with Gasteiger partial charge in [-0.2, -0.15) is 0 Å². The molecule has 0 amide bonds. The van der Waals surface area contributed by atoms with Crippen LogP contribution in [0, 0.1) is 0 Å². The highest BCUT2D eigenvalue weighted by Gasteiger charge is 2.21. The Morgan fingerprint density at radius 1 is 1.00 bits per heavy atom. The van der Waals surface area contributed by atoms with Crippen LogP contribution in [-0.4, -0.2) is 25.1 Å². The Kier molecular flexibility index (Phi) is 4.83. The Labute approximate surface area is 164 Å². The van der Waals surface area contributed by atoms with Gasteiger partial charge < -0.3 is 10.3 Å². The molecule has 2 aromatic heterocycles. The Morgan fingerprint density at radius 2 is 1.74 bits per heavy atom. The highest BCUT2D eigenvalue weighted by atomic mass is 35.5. The number of benzene rings is 2. The van der Waals surface area contributed by atoms with Crippen LogP contribution >= 0.6 is 23.4 Å². The van der Waals surface area contributed by atoms with Crippen LogP contribution in [-0.2, 0) is 0 Å². The van der Waals surface area contributed by atoms with Gasteiger partial charge in [0, 0.05) is 11.1 Å². The number of thioether (sulfide) groups is 1. The van der Waals surface area contributed by atoms with E-state index in [0.29, 0.717) is 27.8 Å². The van der Waals surface area contributed by atoms with Crippen molar-refractivity contribution in [2.24, 2.45) is 0 Å². The number of rotatable bonds is 5. The standard InChI is InChI=1S/C18H15ClN6OS/c1-11(16-22-23-17(26-16)12-7-3-2-4-8-12)27-18-24-21-15(25(18)20)13-9-5-6-10-14(13)19/h2-11H,20H2,1H3. The molecule has 0 spiro atoms. The van der Waals surface area contributed by atoms with Crippen LogP contribution in [0.25, 0.3) is 22.8 Å². The zero-order chi connectivity index (χ0) is 18.8. The predicted molar refractivity (Wildman–Crippen MR) is 105 cm³/mol. The molecule has 0 radical (unpaired) electrons. The lowest BCUT2D eigenvalue weighted by Crippen LogP contribution is -2.12. The fraction of sp³-hybridized carbons (Fsp3) is 0.111. The number of hydrogen-bond acceptors (Lipinski definition) is 7. The summed E-state index contributed by atoms with van der Waals surface area (Å²) in [7, 11) is 0. The number of hydrogen-bond donors (Lipinski definition) is 1. The summed E-state index contributed by atoms with van der Waals surface area (Å²) in [5, 5.41) is 17.5. The van der Waals surface area contributed by atoms with E-state index in [1.165, 1.54) is 16.4 Å². The zero-order valence-electron chi connectivity index (χ0n) is 14.3. The molecule has 1 unspecified atom stereocenters. The SMILES string of the molecule is CC(Sc1nnc(-c2ccccc2Cl)n1N)c1nnc(-c2ccccc2)o1. The molecule has 0 fully saturated rings. The topological polar surface area (TPSA) is 95.7 Å². The highest BCUT2D eigenvalue weighted by molar-refractivity contribution is 7.99. The molecule has 0 bridgehead atoms. The van der Waals surface area contributed by atoms with Crippen LogP contribution in [0.15, 0.2) is 64.2 Å². The van der Waals surface area contributed by atoms with Gasteiger partial charge in [0.15, 0.2) is 5.82 Å². The minimum absolute atomic E-state index is 0.152. The molecule has 0 aliphatic heterocycles. The first-order valence-electron chi connectivity index (χ1n) is 8.14. The molecule has 7 nitrogen and oxygen atoms in total. The zero-order valence-corrected chi connectivity index (χ0v) is 15.9. The van der Waals surface area contributed by atoms with Crippen LogP contribution in [0.5, 0.6) is 0 Å². The third kappa shape index (κ3) is 3.54. The molecule has 0 saturated heterocycles. The van der Waals surface area contributed by atoms with Gasteiger partial charge in [0.1, 0.15) is 0 Å². The molecule has 136 valence electrons. The van der Waals surface area contributed by atoms with Crippen LogP contribution in [0.4, 0.5) is 0 Å². The monoisotopic (exact) mass is 398 g/mol. The number of nitrogens with zero attached hydrogens (tertiary/aromatic N) is 5. The van der Waals surface area contributed by atoms with Gasteiger partial charge in [0.25, 0.3) is 0 Å². The Bertz CT molecular complexity index is 1060. The summed E-state index contributed by atoms with van der Waals surface area (Å²) in [5.74, 6) is 7.63. The quantitative estimate of drug-likeness (QED) is 0.397.